The van der Waals surface area contributed by atoms with Gasteiger partial charge in [0.1, 0.15) is 12.7 Å². The summed E-state index contributed by atoms with van der Waals surface area (Å²) in [5, 5.41) is 10.3. The Morgan fingerprint density at radius 1 is 1.00 bits per heavy atom. The summed E-state index contributed by atoms with van der Waals surface area (Å²) in [6.45, 7) is 3.45. The Bertz CT molecular complexity index is 916. The quantitative estimate of drug-likeness (QED) is 0.489. The minimum atomic E-state index is -4.33. The number of hydrogen-bond donors (Lipinski definition) is 2. The number of halogens is 3. The van der Waals surface area contributed by atoms with E-state index >= 15 is 0 Å². The molecule has 9 heteroatoms. The second-order valence-corrected chi connectivity index (χ2v) is 6.25. The molecule has 1 aromatic heterocycles. The first-order valence-corrected chi connectivity index (χ1v) is 9.08. The van der Waals surface area contributed by atoms with Crippen LogP contribution < -0.4 is 10.6 Å². The topological polar surface area (TPSA) is 67.1 Å². The van der Waals surface area contributed by atoms with E-state index < -0.39 is 11.7 Å². The summed E-state index contributed by atoms with van der Waals surface area (Å²) < 4.78 is 39.6. The number of aromatic nitrogens is 3. The third-order valence-electron chi connectivity index (χ3n) is 4.12. The molecule has 0 aliphatic rings. The summed E-state index contributed by atoms with van der Waals surface area (Å²) in [5.74, 6) is 0.591. The van der Waals surface area contributed by atoms with Crippen LogP contribution in [0.3, 0.4) is 0 Å². The van der Waals surface area contributed by atoms with Crippen molar-refractivity contribution in [1.29, 1.82) is 0 Å². The van der Waals surface area contributed by atoms with Crippen LogP contribution in [0.2, 0.25) is 0 Å². The fraction of sp³-hybridized carbons (Fsp3) is 0.250. The Morgan fingerprint density at radius 3 is 2.28 bits per heavy atom. The first-order chi connectivity index (χ1) is 14.0. The number of nitrogens with one attached hydrogen (secondary N) is 2. The van der Waals surface area contributed by atoms with Gasteiger partial charge in [-0.3, -0.25) is 0 Å². The van der Waals surface area contributed by atoms with E-state index in [9.17, 15) is 13.2 Å². The van der Waals surface area contributed by atoms with Gasteiger partial charge < -0.3 is 10.6 Å². The molecule has 0 bridgehead atoms. The van der Waals surface area contributed by atoms with Crippen LogP contribution in [0.15, 0.2) is 66.2 Å². The second-order valence-electron chi connectivity index (χ2n) is 6.25. The highest BCUT2D eigenvalue weighted by atomic mass is 19.4. The van der Waals surface area contributed by atoms with Crippen LogP contribution in [0, 0.1) is 0 Å². The maximum atomic E-state index is 12.6. The molecule has 152 valence electrons. The van der Waals surface area contributed by atoms with Crippen molar-refractivity contribution in [3.05, 3.63) is 77.9 Å². The molecule has 6 nitrogen and oxygen atoms in total. The lowest BCUT2D eigenvalue weighted by molar-refractivity contribution is -0.137. The molecule has 2 N–H and O–H groups in total. The zero-order valence-electron chi connectivity index (χ0n) is 15.8. The SMILES string of the molecule is CCNC(=NCc1ccc(-n2cncn2)cc1)NCc1ccc(C(F)(F)F)cc1. The van der Waals surface area contributed by atoms with Crippen molar-refractivity contribution in [3.63, 3.8) is 0 Å². The summed E-state index contributed by atoms with van der Waals surface area (Å²) in [5.41, 5.74) is 2.00. The van der Waals surface area contributed by atoms with E-state index in [1.807, 2.05) is 31.2 Å². The lowest BCUT2D eigenvalue weighted by Crippen LogP contribution is -2.36. The fourth-order valence-electron chi connectivity index (χ4n) is 2.61. The van der Waals surface area contributed by atoms with E-state index in [1.54, 1.807) is 11.0 Å². The predicted molar refractivity (Wildman–Crippen MR) is 104 cm³/mol. The zero-order valence-corrected chi connectivity index (χ0v) is 15.8. The molecule has 3 aromatic rings. The maximum absolute atomic E-state index is 12.6. The molecule has 29 heavy (non-hydrogen) atoms. The predicted octanol–water partition coefficient (Wildman–Crippen LogP) is 3.54. The van der Waals surface area contributed by atoms with Crippen LogP contribution in [0.5, 0.6) is 0 Å². The average molecular weight is 402 g/mol. The van der Waals surface area contributed by atoms with Crippen LogP contribution >= 0.6 is 0 Å². The van der Waals surface area contributed by atoms with E-state index in [1.165, 1.54) is 18.5 Å². The van der Waals surface area contributed by atoms with Gasteiger partial charge in [0, 0.05) is 13.1 Å². The molecular formula is C20H21F3N6. The van der Waals surface area contributed by atoms with Crippen LogP contribution in [0.4, 0.5) is 13.2 Å². The standard InChI is InChI=1S/C20H21F3N6/c1-2-25-19(26-11-15-3-7-17(8-4-15)20(21,22)23)27-12-16-5-9-18(10-6-16)29-14-24-13-28-29/h3-10,13-14H,2,11-12H2,1H3,(H2,25,26,27). The van der Waals surface area contributed by atoms with Gasteiger partial charge in [-0.15, -0.1) is 0 Å². The molecular weight excluding hydrogens is 381 g/mol. The van der Waals surface area contributed by atoms with Crippen molar-refractivity contribution in [2.45, 2.75) is 26.2 Å². The average Bonchev–Trinajstić information content (AvgIpc) is 3.25. The molecule has 0 spiro atoms. The van der Waals surface area contributed by atoms with Crippen LogP contribution in [0.1, 0.15) is 23.6 Å². The molecule has 0 saturated carbocycles. The van der Waals surface area contributed by atoms with Gasteiger partial charge in [-0.2, -0.15) is 18.3 Å². The highest BCUT2D eigenvalue weighted by molar-refractivity contribution is 5.79. The highest BCUT2D eigenvalue weighted by Crippen LogP contribution is 2.29. The number of aliphatic imine (C=N–C) groups is 1. The van der Waals surface area contributed by atoms with Crippen LogP contribution in [-0.2, 0) is 19.3 Å². The monoisotopic (exact) mass is 402 g/mol. The molecule has 0 aliphatic carbocycles. The number of hydrogen-bond acceptors (Lipinski definition) is 3. The van der Waals surface area contributed by atoms with Gasteiger partial charge >= 0.3 is 6.18 Å². The van der Waals surface area contributed by atoms with Gasteiger partial charge in [0.25, 0.3) is 0 Å². The molecule has 0 atom stereocenters. The third-order valence-corrected chi connectivity index (χ3v) is 4.12. The summed E-state index contributed by atoms with van der Waals surface area (Å²) in [6, 6.07) is 12.9. The molecule has 0 saturated heterocycles. The number of alkyl halides is 3. The Kier molecular flexibility index (Phi) is 6.48. The normalized spacial score (nSPS) is 12.1. The van der Waals surface area contributed by atoms with Crippen LogP contribution in [-0.4, -0.2) is 27.3 Å². The highest BCUT2D eigenvalue weighted by Gasteiger charge is 2.29. The fourth-order valence-corrected chi connectivity index (χ4v) is 2.61. The summed E-state index contributed by atoms with van der Waals surface area (Å²) in [6.07, 6.45) is -1.23. The van der Waals surface area contributed by atoms with Crippen molar-refractivity contribution in [2.24, 2.45) is 4.99 Å². The van der Waals surface area contributed by atoms with E-state index in [0.29, 0.717) is 25.6 Å². The summed E-state index contributed by atoms with van der Waals surface area (Å²) in [7, 11) is 0. The van der Waals surface area contributed by atoms with Crippen molar-refractivity contribution >= 4 is 5.96 Å². The van der Waals surface area contributed by atoms with Gasteiger partial charge in [-0.05, 0) is 42.3 Å². The molecule has 0 amide bonds. The van der Waals surface area contributed by atoms with Crippen molar-refractivity contribution < 1.29 is 13.2 Å². The van der Waals surface area contributed by atoms with Gasteiger partial charge in [-0.1, -0.05) is 24.3 Å². The number of benzene rings is 2. The van der Waals surface area contributed by atoms with E-state index in [0.717, 1.165) is 28.9 Å². The van der Waals surface area contributed by atoms with Gasteiger partial charge in [0.15, 0.2) is 5.96 Å². The van der Waals surface area contributed by atoms with E-state index in [-0.39, 0.29) is 0 Å². The lowest BCUT2D eigenvalue weighted by Gasteiger charge is -2.12. The minimum Gasteiger partial charge on any atom is -0.357 e. The maximum Gasteiger partial charge on any atom is 0.416 e. The van der Waals surface area contributed by atoms with Gasteiger partial charge in [0.2, 0.25) is 0 Å². The number of guanidine groups is 1. The lowest BCUT2D eigenvalue weighted by atomic mass is 10.1. The Hall–Kier alpha value is -3.36. The molecule has 2 aromatic carbocycles. The van der Waals surface area contributed by atoms with Crippen LogP contribution in [0.25, 0.3) is 5.69 Å². The zero-order chi connectivity index (χ0) is 20.7. The first-order valence-electron chi connectivity index (χ1n) is 9.08. The molecule has 1 heterocycles. The smallest absolute Gasteiger partial charge is 0.357 e. The second kappa shape index (κ2) is 9.22. The minimum absolute atomic E-state index is 0.370. The van der Waals surface area contributed by atoms with Gasteiger partial charge in [0.05, 0.1) is 17.8 Å². The summed E-state index contributed by atoms with van der Waals surface area (Å²) in [4.78, 5) is 8.45. The number of nitrogens with zero attached hydrogens (tertiary/aromatic N) is 4. The summed E-state index contributed by atoms with van der Waals surface area (Å²) >= 11 is 0. The van der Waals surface area contributed by atoms with Gasteiger partial charge in [-0.25, -0.2) is 14.7 Å². The third kappa shape index (κ3) is 5.81. The largest absolute Gasteiger partial charge is 0.416 e. The Morgan fingerprint density at radius 2 is 1.69 bits per heavy atom. The van der Waals surface area contributed by atoms with Crippen molar-refractivity contribution in [1.82, 2.24) is 25.4 Å². The Labute approximate surface area is 166 Å². The molecule has 0 fully saturated rings. The van der Waals surface area contributed by atoms with Crippen molar-refractivity contribution in [3.8, 4) is 5.69 Å². The van der Waals surface area contributed by atoms with E-state index in [2.05, 4.69) is 25.7 Å². The molecule has 0 radical (unpaired) electrons. The molecule has 0 aliphatic heterocycles. The molecule has 0 unspecified atom stereocenters. The Balaban J connectivity index is 1.59. The number of rotatable bonds is 6. The first kappa shape index (κ1) is 20.4. The molecule has 3 rings (SSSR count). The van der Waals surface area contributed by atoms with E-state index in [4.69, 9.17) is 0 Å². The van der Waals surface area contributed by atoms with Crippen molar-refractivity contribution in [2.75, 3.05) is 6.54 Å².